The van der Waals surface area contributed by atoms with E-state index < -0.39 is 24.3 Å². The molecule has 1 saturated heterocycles. The molecular weight excluding hydrogens is 342 g/mol. The van der Waals surface area contributed by atoms with Crippen molar-refractivity contribution in [2.24, 2.45) is 0 Å². The fourth-order valence-corrected chi connectivity index (χ4v) is 4.34. The Morgan fingerprint density at radius 1 is 0.556 bits per heavy atom. The van der Waals surface area contributed by atoms with Crippen molar-refractivity contribution in [2.45, 2.75) is 121 Å². The van der Waals surface area contributed by atoms with E-state index in [2.05, 4.69) is 6.92 Å². The molecule has 5 heteroatoms. The third kappa shape index (κ3) is 9.23. The van der Waals surface area contributed by atoms with Gasteiger partial charge >= 0.3 is 0 Å². The molecule has 1 aliphatic heterocycles. The first kappa shape index (κ1) is 24.8. The molecule has 1 aliphatic rings. The number of aliphatic hydroxyl groups is 4. The number of rotatable bonds is 17. The van der Waals surface area contributed by atoms with Crippen molar-refractivity contribution in [3.05, 3.63) is 0 Å². The third-order valence-electron chi connectivity index (χ3n) is 6.13. The quantitative estimate of drug-likeness (QED) is 0.288. The third-order valence-corrected chi connectivity index (χ3v) is 6.13. The summed E-state index contributed by atoms with van der Waals surface area (Å²) in [6, 6.07) is -0.918. The highest BCUT2D eigenvalue weighted by Crippen LogP contribution is 2.25. The number of nitrogens with zero attached hydrogens (tertiary/aromatic N) is 1. The van der Waals surface area contributed by atoms with E-state index in [9.17, 15) is 20.4 Å². The Morgan fingerprint density at radius 2 is 0.889 bits per heavy atom. The summed E-state index contributed by atoms with van der Waals surface area (Å²) in [6.07, 6.45) is 16.4. The molecule has 0 bridgehead atoms. The molecule has 0 aromatic rings. The molecule has 27 heavy (non-hydrogen) atoms. The molecule has 0 aliphatic carbocycles. The van der Waals surface area contributed by atoms with Crippen LogP contribution in [0.5, 0.6) is 0 Å². The lowest BCUT2D eigenvalue weighted by Gasteiger charge is -2.28. The van der Waals surface area contributed by atoms with E-state index in [0.29, 0.717) is 6.54 Å². The molecule has 0 radical (unpaired) electrons. The van der Waals surface area contributed by atoms with Crippen LogP contribution in [0.3, 0.4) is 0 Å². The van der Waals surface area contributed by atoms with Crippen molar-refractivity contribution in [1.29, 1.82) is 0 Å². The minimum absolute atomic E-state index is 0.187. The van der Waals surface area contributed by atoms with Crippen LogP contribution in [-0.4, -0.2) is 69.4 Å². The zero-order chi connectivity index (χ0) is 19.9. The number of aliphatic hydroxyl groups excluding tert-OH is 4. The smallest absolute Gasteiger partial charge is 0.0992 e. The monoisotopic (exact) mass is 387 g/mol. The first-order valence-electron chi connectivity index (χ1n) is 11.5. The van der Waals surface area contributed by atoms with Crippen molar-refractivity contribution in [2.75, 3.05) is 19.8 Å². The van der Waals surface area contributed by atoms with Gasteiger partial charge in [-0.05, 0) is 13.0 Å². The normalized spacial score (nSPS) is 26.1. The second-order valence-electron chi connectivity index (χ2n) is 8.32. The average molecular weight is 388 g/mol. The Bertz CT molecular complexity index is 326. The van der Waals surface area contributed by atoms with Gasteiger partial charge in [0.1, 0.15) is 0 Å². The van der Waals surface area contributed by atoms with Crippen LogP contribution in [0.25, 0.3) is 0 Å². The molecule has 0 spiro atoms. The van der Waals surface area contributed by atoms with Gasteiger partial charge in [0, 0.05) is 0 Å². The number of likely N-dealkylation sites (tertiary alicyclic amines) is 1. The summed E-state index contributed by atoms with van der Waals surface area (Å²) >= 11 is 0. The lowest BCUT2D eigenvalue weighted by molar-refractivity contribution is 0.0130. The van der Waals surface area contributed by atoms with Gasteiger partial charge in [0.25, 0.3) is 0 Å². The summed E-state index contributed by atoms with van der Waals surface area (Å²) in [5.41, 5.74) is 0. The van der Waals surface area contributed by atoms with Gasteiger partial charge in [-0.2, -0.15) is 0 Å². The maximum absolute atomic E-state index is 9.98. The second kappa shape index (κ2) is 15.7. The standard InChI is InChI=1S/C22H45NO4/c1-2-3-4-5-6-7-8-9-10-11-12-13-14-15-16-23-19(17-24)21(26)22(27)20(23)18-25/h19-22,24-27H,2-18H2,1H3/t19-,20-,21+,22+/m1/s1. The summed E-state index contributed by atoms with van der Waals surface area (Å²) in [4.78, 5) is 1.88. The van der Waals surface area contributed by atoms with E-state index in [1.165, 1.54) is 77.0 Å². The molecule has 5 nitrogen and oxygen atoms in total. The minimum Gasteiger partial charge on any atom is -0.395 e. The SMILES string of the molecule is CCCCCCCCCCCCCCCCN1[C@H](CO)[C@H](O)[C@@H](O)[C@H]1CO. The van der Waals surface area contributed by atoms with E-state index in [0.717, 1.165) is 12.8 Å². The van der Waals surface area contributed by atoms with Crippen LogP contribution in [0.1, 0.15) is 96.8 Å². The first-order chi connectivity index (χ1) is 13.2. The van der Waals surface area contributed by atoms with Crippen molar-refractivity contribution < 1.29 is 20.4 Å². The molecule has 1 rings (SSSR count). The highest BCUT2D eigenvalue weighted by molar-refractivity contribution is 5.00. The molecule has 0 aromatic heterocycles. The topological polar surface area (TPSA) is 84.2 Å². The average Bonchev–Trinajstić information content (AvgIpc) is 2.91. The zero-order valence-corrected chi connectivity index (χ0v) is 17.6. The minimum atomic E-state index is -0.973. The van der Waals surface area contributed by atoms with Crippen LogP contribution in [-0.2, 0) is 0 Å². The molecule has 0 saturated carbocycles. The number of unbranched alkanes of at least 4 members (excludes halogenated alkanes) is 13. The fraction of sp³-hybridized carbons (Fsp3) is 1.00. The van der Waals surface area contributed by atoms with Gasteiger partial charge in [0.15, 0.2) is 0 Å². The summed E-state index contributed by atoms with van der Waals surface area (Å²) in [5, 5.41) is 38.9. The lowest BCUT2D eigenvalue weighted by atomic mass is 10.0. The summed E-state index contributed by atoms with van der Waals surface area (Å²) < 4.78 is 0. The molecule has 4 N–H and O–H groups in total. The van der Waals surface area contributed by atoms with Gasteiger partial charge in [-0.1, -0.05) is 90.4 Å². The van der Waals surface area contributed by atoms with Gasteiger partial charge in [-0.25, -0.2) is 0 Å². The van der Waals surface area contributed by atoms with Crippen LogP contribution < -0.4 is 0 Å². The Labute approximate surface area is 166 Å². The fourth-order valence-electron chi connectivity index (χ4n) is 4.34. The molecule has 0 aromatic carbocycles. The van der Waals surface area contributed by atoms with Crippen molar-refractivity contribution in [3.8, 4) is 0 Å². The van der Waals surface area contributed by atoms with Crippen LogP contribution in [0.2, 0.25) is 0 Å². The Kier molecular flexibility index (Phi) is 14.4. The van der Waals surface area contributed by atoms with Gasteiger partial charge in [-0.3, -0.25) is 4.90 Å². The van der Waals surface area contributed by atoms with Crippen molar-refractivity contribution in [3.63, 3.8) is 0 Å². The largest absolute Gasteiger partial charge is 0.395 e. The molecule has 0 unspecified atom stereocenters. The van der Waals surface area contributed by atoms with E-state index in [1.807, 2.05) is 4.90 Å². The van der Waals surface area contributed by atoms with Crippen LogP contribution in [0, 0.1) is 0 Å². The Balaban J connectivity index is 1.96. The predicted octanol–water partition coefficient (Wildman–Crippen LogP) is 3.23. The van der Waals surface area contributed by atoms with Crippen LogP contribution in [0.4, 0.5) is 0 Å². The van der Waals surface area contributed by atoms with Gasteiger partial charge in [-0.15, -0.1) is 0 Å². The predicted molar refractivity (Wildman–Crippen MR) is 111 cm³/mol. The van der Waals surface area contributed by atoms with E-state index in [1.54, 1.807) is 0 Å². The molecule has 4 atom stereocenters. The number of hydrogen-bond acceptors (Lipinski definition) is 5. The molecule has 0 amide bonds. The number of hydrogen-bond donors (Lipinski definition) is 4. The molecule has 1 heterocycles. The maximum Gasteiger partial charge on any atom is 0.0992 e. The lowest BCUT2D eigenvalue weighted by Crippen LogP contribution is -2.43. The Morgan fingerprint density at radius 3 is 1.22 bits per heavy atom. The van der Waals surface area contributed by atoms with Crippen molar-refractivity contribution in [1.82, 2.24) is 4.90 Å². The highest BCUT2D eigenvalue weighted by Gasteiger charge is 2.46. The van der Waals surface area contributed by atoms with Crippen molar-refractivity contribution >= 4 is 0 Å². The van der Waals surface area contributed by atoms with Crippen LogP contribution in [0.15, 0.2) is 0 Å². The summed E-state index contributed by atoms with van der Waals surface area (Å²) in [6.45, 7) is 2.60. The molecule has 1 fully saturated rings. The van der Waals surface area contributed by atoms with Gasteiger partial charge in [0.2, 0.25) is 0 Å². The van der Waals surface area contributed by atoms with E-state index >= 15 is 0 Å². The van der Waals surface area contributed by atoms with Gasteiger partial charge < -0.3 is 20.4 Å². The molecule has 162 valence electrons. The highest BCUT2D eigenvalue weighted by atomic mass is 16.3. The second-order valence-corrected chi connectivity index (χ2v) is 8.32. The van der Waals surface area contributed by atoms with Crippen LogP contribution >= 0.6 is 0 Å². The zero-order valence-electron chi connectivity index (χ0n) is 17.6. The first-order valence-corrected chi connectivity index (χ1v) is 11.5. The summed E-state index contributed by atoms with van der Waals surface area (Å²) in [5.74, 6) is 0. The Hall–Kier alpha value is -0.200. The van der Waals surface area contributed by atoms with Gasteiger partial charge in [0.05, 0.1) is 37.5 Å². The van der Waals surface area contributed by atoms with E-state index in [4.69, 9.17) is 0 Å². The summed E-state index contributed by atoms with van der Waals surface area (Å²) in [7, 11) is 0. The maximum atomic E-state index is 9.98. The van der Waals surface area contributed by atoms with E-state index in [-0.39, 0.29) is 13.2 Å². The molecular formula is C22H45NO4.